The average molecular weight is 313 g/mol. The fraction of sp³-hybridized carbons (Fsp3) is 1.00. The second kappa shape index (κ2) is 5.80. The molecular formula is C10H21BrN2O2S. The van der Waals surface area contributed by atoms with Crippen LogP contribution in [0.25, 0.3) is 0 Å². The van der Waals surface area contributed by atoms with Crippen LogP contribution in [0.5, 0.6) is 0 Å². The third-order valence-corrected chi connectivity index (χ3v) is 5.03. The van der Waals surface area contributed by atoms with Crippen LogP contribution in [0.2, 0.25) is 0 Å². The molecular weight excluding hydrogens is 292 g/mol. The van der Waals surface area contributed by atoms with Crippen LogP contribution in [0.4, 0.5) is 0 Å². The van der Waals surface area contributed by atoms with E-state index in [1.54, 1.807) is 4.31 Å². The number of hydrogen-bond donors (Lipinski definition) is 1. The summed E-state index contributed by atoms with van der Waals surface area (Å²) in [6.45, 7) is 5.13. The van der Waals surface area contributed by atoms with Crippen molar-refractivity contribution >= 4 is 26.1 Å². The first kappa shape index (κ1) is 14.4. The highest BCUT2D eigenvalue weighted by Gasteiger charge is 2.29. The maximum atomic E-state index is 12.1. The molecule has 1 aliphatic heterocycles. The molecule has 96 valence electrons. The number of alkyl halides is 1. The highest BCUT2D eigenvalue weighted by molar-refractivity contribution is 9.09. The minimum Gasteiger partial charge on any atom is -0.196 e. The van der Waals surface area contributed by atoms with Crippen LogP contribution in [0, 0.1) is 0 Å². The van der Waals surface area contributed by atoms with Crippen molar-refractivity contribution in [2.24, 2.45) is 0 Å². The largest absolute Gasteiger partial charge is 0.279 e. The number of halogens is 1. The number of piperidine rings is 1. The van der Waals surface area contributed by atoms with E-state index in [0.29, 0.717) is 13.1 Å². The Bertz CT molecular complexity index is 311. The standard InChI is InChI=1S/C10H21BrN2O2S/c1-10(2,6-7-11)12-16(14,15)13-8-4-3-5-9-13/h12H,3-9H2,1-2H3. The van der Waals surface area contributed by atoms with E-state index >= 15 is 0 Å². The van der Waals surface area contributed by atoms with Crippen molar-refractivity contribution in [3.63, 3.8) is 0 Å². The van der Waals surface area contributed by atoms with Gasteiger partial charge in [-0.1, -0.05) is 22.4 Å². The van der Waals surface area contributed by atoms with Gasteiger partial charge in [-0.3, -0.25) is 0 Å². The predicted molar refractivity (Wildman–Crippen MR) is 70.0 cm³/mol. The monoisotopic (exact) mass is 312 g/mol. The topological polar surface area (TPSA) is 49.4 Å². The van der Waals surface area contributed by atoms with Gasteiger partial charge in [0, 0.05) is 24.0 Å². The highest BCUT2D eigenvalue weighted by Crippen LogP contribution is 2.16. The minimum atomic E-state index is -3.30. The van der Waals surface area contributed by atoms with E-state index in [1.165, 1.54) is 0 Å². The molecule has 0 amide bonds. The minimum absolute atomic E-state index is 0.389. The Morgan fingerprint density at radius 1 is 1.25 bits per heavy atom. The summed E-state index contributed by atoms with van der Waals surface area (Å²) in [7, 11) is -3.30. The van der Waals surface area contributed by atoms with E-state index in [0.717, 1.165) is 31.0 Å². The van der Waals surface area contributed by atoms with Crippen LogP contribution < -0.4 is 4.72 Å². The van der Waals surface area contributed by atoms with Crippen LogP contribution in [-0.2, 0) is 10.2 Å². The lowest BCUT2D eigenvalue weighted by molar-refractivity contribution is 0.328. The molecule has 1 heterocycles. The lowest BCUT2D eigenvalue weighted by Crippen LogP contribution is -2.51. The molecule has 1 saturated heterocycles. The second-order valence-electron chi connectivity index (χ2n) is 4.89. The van der Waals surface area contributed by atoms with Crippen LogP contribution in [0.1, 0.15) is 39.5 Å². The summed E-state index contributed by atoms with van der Waals surface area (Å²) in [6, 6.07) is 0. The van der Waals surface area contributed by atoms with Crippen LogP contribution in [0.3, 0.4) is 0 Å². The number of rotatable bonds is 5. The zero-order chi connectivity index (χ0) is 12.2. The molecule has 0 spiro atoms. The molecule has 0 saturated carbocycles. The first-order chi connectivity index (χ1) is 7.37. The molecule has 0 atom stereocenters. The van der Waals surface area contributed by atoms with Gasteiger partial charge in [0.2, 0.25) is 0 Å². The van der Waals surface area contributed by atoms with Gasteiger partial charge < -0.3 is 0 Å². The van der Waals surface area contributed by atoms with Gasteiger partial charge in [0.1, 0.15) is 0 Å². The van der Waals surface area contributed by atoms with E-state index in [9.17, 15) is 8.42 Å². The molecule has 0 unspecified atom stereocenters. The van der Waals surface area contributed by atoms with Crippen molar-refractivity contribution in [1.82, 2.24) is 9.03 Å². The second-order valence-corrected chi connectivity index (χ2v) is 7.35. The number of nitrogens with zero attached hydrogens (tertiary/aromatic N) is 1. The fourth-order valence-electron chi connectivity index (χ4n) is 1.81. The molecule has 0 aromatic rings. The Morgan fingerprint density at radius 2 is 1.81 bits per heavy atom. The van der Waals surface area contributed by atoms with Gasteiger partial charge in [-0.15, -0.1) is 0 Å². The van der Waals surface area contributed by atoms with Crippen molar-refractivity contribution in [3.05, 3.63) is 0 Å². The fourth-order valence-corrected chi connectivity index (χ4v) is 4.47. The van der Waals surface area contributed by atoms with Crippen LogP contribution in [0.15, 0.2) is 0 Å². The third-order valence-electron chi connectivity index (χ3n) is 2.78. The van der Waals surface area contributed by atoms with E-state index < -0.39 is 10.2 Å². The molecule has 1 N–H and O–H groups in total. The summed E-state index contributed by atoms with van der Waals surface area (Å²) < 4.78 is 28.5. The highest BCUT2D eigenvalue weighted by atomic mass is 79.9. The van der Waals surface area contributed by atoms with Crippen molar-refractivity contribution < 1.29 is 8.42 Å². The van der Waals surface area contributed by atoms with Gasteiger partial charge in [-0.25, -0.2) is 0 Å². The van der Waals surface area contributed by atoms with Gasteiger partial charge in [0.05, 0.1) is 0 Å². The van der Waals surface area contributed by atoms with E-state index in [4.69, 9.17) is 0 Å². The Kier molecular flexibility index (Phi) is 5.22. The third kappa shape index (κ3) is 4.31. The molecule has 16 heavy (non-hydrogen) atoms. The summed E-state index contributed by atoms with van der Waals surface area (Å²) in [6.07, 6.45) is 3.86. The molecule has 0 radical (unpaired) electrons. The molecule has 4 nitrogen and oxygen atoms in total. The molecule has 0 bridgehead atoms. The Hall–Kier alpha value is 0.350. The van der Waals surface area contributed by atoms with Gasteiger partial charge >= 0.3 is 0 Å². The lowest BCUT2D eigenvalue weighted by atomic mass is 10.0. The lowest BCUT2D eigenvalue weighted by Gasteiger charge is -2.31. The quantitative estimate of drug-likeness (QED) is 0.788. The molecule has 1 fully saturated rings. The Labute approximate surface area is 107 Å². The van der Waals surface area contributed by atoms with Crippen LogP contribution in [-0.4, -0.2) is 36.7 Å². The van der Waals surface area contributed by atoms with E-state index in [-0.39, 0.29) is 5.54 Å². The number of nitrogens with one attached hydrogen (secondary N) is 1. The van der Waals surface area contributed by atoms with E-state index in [2.05, 4.69) is 20.7 Å². The van der Waals surface area contributed by atoms with Crippen molar-refractivity contribution in [1.29, 1.82) is 0 Å². The zero-order valence-electron chi connectivity index (χ0n) is 10.00. The van der Waals surface area contributed by atoms with Crippen molar-refractivity contribution in [2.75, 3.05) is 18.4 Å². The van der Waals surface area contributed by atoms with Crippen LogP contribution >= 0.6 is 15.9 Å². The summed E-state index contributed by atoms with van der Waals surface area (Å²) in [5.74, 6) is 0. The van der Waals surface area contributed by atoms with Gasteiger partial charge in [-0.2, -0.15) is 17.4 Å². The Morgan fingerprint density at radius 3 is 2.31 bits per heavy atom. The molecule has 0 aromatic carbocycles. The normalized spacial score (nSPS) is 19.9. The van der Waals surface area contributed by atoms with Gasteiger partial charge in [0.15, 0.2) is 0 Å². The molecule has 6 heteroatoms. The molecule has 1 rings (SSSR count). The van der Waals surface area contributed by atoms with Gasteiger partial charge in [-0.05, 0) is 33.1 Å². The summed E-state index contributed by atoms with van der Waals surface area (Å²) in [5, 5.41) is 0.794. The summed E-state index contributed by atoms with van der Waals surface area (Å²) in [5.41, 5.74) is -0.389. The van der Waals surface area contributed by atoms with E-state index in [1.807, 2.05) is 13.8 Å². The van der Waals surface area contributed by atoms with Crippen molar-refractivity contribution in [3.8, 4) is 0 Å². The Balaban J connectivity index is 2.63. The summed E-state index contributed by atoms with van der Waals surface area (Å²) in [4.78, 5) is 0. The first-order valence-electron chi connectivity index (χ1n) is 5.72. The average Bonchev–Trinajstić information content (AvgIpc) is 2.17. The zero-order valence-corrected chi connectivity index (χ0v) is 12.4. The van der Waals surface area contributed by atoms with Gasteiger partial charge in [0.25, 0.3) is 10.2 Å². The molecule has 0 aromatic heterocycles. The van der Waals surface area contributed by atoms with Crippen molar-refractivity contribution in [2.45, 2.75) is 45.1 Å². The smallest absolute Gasteiger partial charge is 0.196 e. The maximum Gasteiger partial charge on any atom is 0.279 e. The number of hydrogen-bond acceptors (Lipinski definition) is 2. The molecule has 1 aliphatic rings. The molecule has 0 aliphatic carbocycles. The SMILES string of the molecule is CC(C)(CCBr)NS(=O)(=O)N1CCCCC1. The maximum absolute atomic E-state index is 12.1. The first-order valence-corrected chi connectivity index (χ1v) is 8.28. The summed E-state index contributed by atoms with van der Waals surface area (Å²) >= 11 is 3.34. The predicted octanol–water partition coefficient (Wildman–Crippen LogP) is 1.87.